The summed E-state index contributed by atoms with van der Waals surface area (Å²) in [6.07, 6.45) is -0.304. The molecule has 0 radical (unpaired) electrons. The Hall–Kier alpha value is -2.41. The molecule has 120 valence electrons. The van der Waals surface area contributed by atoms with E-state index in [9.17, 15) is 19.2 Å². The topological polar surface area (TPSA) is 95.0 Å². The van der Waals surface area contributed by atoms with Crippen LogP contribution in [0.25, 0.3) is 0 Å². The zero-order chi connectivity index (χ0) is 16.9. The Bertz CT molecular complexity index is 762. The summed E-state index contributed by atoms with van der Waals surface area (Å²) < 4.78 is 0. The number of carboxylic acids is 1. The number of hydrogen-bond donors (Lipinski definition) is 1. The van der Waals surface area contributed by atoms with Crippen LogP contribution in [0.2, 0.25) is 5.02 Å². The largest absolute Gasteiger partial charge is 0.480 e. The van der Waals surface area contributed by atoms with E-state index in [2.05, 4.69) is 0 Å². The molecule has 3 rings (SSSR count). The summed E-state index contributed by atoms with van der Waals surface area (Å²) in [5.74, 6) is -2.97. The SMILES string of the molecule is CCN1C(=O)CC2(C1=O)C(=O)N(CC(=O)O)c1ccc(Cl)cc12. The van der Waals surface area contributed by atoms with Gasteiger partial charge in [0.15, 0.2) is 5.41 Å². The first-order valence-corrected chi connectivity index (χ1v) is 7.39. The van der Waals surface area contributed by atoms with Crippen LogP contribution in [-0.2, 0) is 24.6 Å². The molecule has 3 amide bonds. The summed E-state index contributed by atoms with van der Waals surface area (Å²) in [7, 11) is 0. The van der Waals surface area contributed by atoms with E-state index in [1.165, 1.54) is 18.2 Å². The number of rotatable bonds is 3. The molecule has 0 aromatic heterocycles. The van der Waals surface area contributed by atoms with Crippen molar-refractivity contribution in [3.8, 4) is 0 Å². The number of aliphatic carboxylic acids is 1. The molecule has 1 aromatic carbocycles. The molecule has 7 nitrogen and oxygen atoms in total. The molecule has 8 heteroatoms. The predicted molar refractivity (Wildman–Crippen MR) is 80.1 cm³/mol. The molecular formula is C15H13ClN2O5. The van der Waals surface area contributed by atoms with Crippen molar-refractivity contribution in [2.45, 2.75) is 18.8 Å². The van der Waals surface area contributed by atoms with E-state index in [1.54, 1.807) is 6.92 Å². The number of carboxylic acid groups (broad SMARTS) is 1. The number of carbonyl (C=O) groups is 4. The van der Waals surface area contributed by atoms with Crippen molar-refractivity contribution in [2.24, 2.45) is 0 Å². The minimum absolute atomic E-state index is 0.154. The highest BCUT2D eigenvalue weighted by molar-refractivity contribution is 6.32. The van der Waals surface area contributed by atoms with Crippen LogP contribution < -0.4 is 4.90 Å². The van der Waals surface area contributed by atoms with E-state index >= 15 is 0 Å². The predicted octanol–water partition coefficient (Wildman–Crippen LogP) is 0.788. The lowest BCUT2D eigenvalue weighted by Crippen LogP contribution is -2.47. The van der Waals surface area contributed by atoms with Gasteiger partial charge in [-0.2, -0.15) is 0 Å². The van der Waals surface area contributed by atoms with Crippen LogP contribution in [0.5, 0.6) is 0 Å². The first-order valence-electron chi connectivity index (χ1n) is 7.01. The van der Waals surface area contributed by atoms with Crippen molar-refractivity contribution in [1.82, 2.24) is 4.90 Å². The number of hydrogen-bond acceptors (Lipinski definition) is 4. The molecule has 1 aromatic rings. The number of imide groups is 1. The fourth-order valence-electron chi connectivity index (χ4n) is 3.27. The number of likely N-dealkylation sites (tertiary alicyclic amines) is 1. The second-order valence-corrected chi connectivity index (χ2v) is 5.91. The summed E-state index contributed by atoms with van der Waals surface area (Å²) in [5, 5.41) is 9.35. The Morgan fingerprint density at radius 2 is 1.91 bits per heavy atom. The maximum atomic E-state index is 12.9. The molecule has 2 aliphatic rings. The number of amides is 3. The van der Waals surface area contributed by atoms with E-state index in [4.69, 9.17) is 16.7 Å². The van der Waals surface area contributed by atoms with E-state index in [0.717, 1.165) is 9.80 Å². The molecule has 1 fully saturated rings. The number of nitrogens with zero attached hydrogens (tertiary/aromatic N) is 2. The van der Waals surface area contributed by atoms with Gasteiger partial charge in [-0.3, -0.25) is 29.0 Å². The van der Waals surface area contributed by atoms with Gasteiger partial charge in [-0.05, 0) is 25.1 Å². The molecule has 2 heterocycles. The number of fused-ring (bicyclic) bond motifs is 2. The van der Waals surface area contributed by atoms with Gasteiger partial charge in [-0.15, -0.1) is 0 Å². The Balaban J connectivity index is 2.22. The highest BCUT2D eigenvalue weighted by Crippen LogP contribution is 2.49. The lowest BCUT2D eigenvalue weighted by molar-refractivity contribution is -0.142. The summed E-state index contributed by atoms with van der Waals surface area (Å²) in [4.78, 5) is 50.9. The maximum Gasteiger partial charge on any atom is 0.323 e. The zero-order valence-electron chi connectivity index (χ0n) is 12.2. The van der Waals surface area contributed by atoms with Gasteiger partial charge < -0.3 is 5.11 Å². The molecule has 1 saturated heterocycles. The minimum Gasteiger partial charge on any atom is -0.480 e. The fraction of sp³-hybridized carbons (Fsp3) is 0.333. The van der Waals surface area contributed by atoms with Crippen LogP contribution in [-0.4, -0.2) is 46.8 Å². The number of likely N-dealkylation sites (N-methyl/N-ethyl adjacent to an activating group) is 1. The van der Waals surface area contributed by atoms with Crippen LogP contribution in [0.1, 0.15) is 18.9 Å². The summed E-state index contributed by atoms with van der Waals surface area (Å²) in [6, 6.07) is 4.47. The van der Waals surface area contributed by atoms with Gasteiger partial charge in [0.1, 0.15) is 6.54 Å². The van der Waals surface area contributed by atoms with Gasteiger partial charge in [0.05, 0.1) is 6.42 Å². The number of benzene rings is 1. The maximum absolute atomic E-state index is 12.9. The molecule has 1 atom stereocenters. The molecule has 1 spiro atoms. The first-order chi connectivity index (χ1) is 10.8. The van der Waals surface area contributed by atoms with Crippen LogP contribution >= 0.6 is 11.6 Å². The lowest BCUT2D eigenvalue weighted by atomic mass is 9.80. The second-order valence-electron chi connectivity index (χ2n) is 5.47. The fourth-order valence-corrected chi connectivity index (χ4v) is 3.44. The molecule has 0 aliphatic carbocycles. The summed E-state index contributed by atoms with van der Waals surface area (Å²) in [5.41, 5.74) is -1.09. The average molecular weight is 337 g/mol. The molecule has 0 saturated carbocycles. The van der Waals surface area contributed by atoms with Crippen LogP contribution in [0.4, 0.5) is 5.69 Å². The van der Waals surface area contributed by atoms with E-state index in [1.807, 2.05) is 0 Å². The van der Waals surface area contributed by atoms with Crippen molar-refractivity contribution in [1.29, 1.82) is 0 Å². The van der Waals surface area contributed by atoms with Crippen LogP contribution in [0.3, 0.4) is 0 Å². The van der Waals surface area contributed by atoms with Crippen LogP contribution in [0.15, 0.2) is 18.2 Å². The average Bonchev–Trinajstić information content (AvgIpc) is 2.86. The molecule has 1 unspecified atom stereocenters. The molecule has 1 N–H and O–H groups in total. The molecule has 2 aliphatic heterocycles. The zero-order valence-corrected chi connectivity index (χ0v) is 13.0. The Morgan fingerprint density at radius 1 is 1.26 bits per heavy atom. The van der Waals surface area contributed by atoms with Gasteiger partial charge >= 0.3 is 5.97 Å². The molecular weight excluding hydrogens is 324 g/mol. The standard InChI is InChI=1S/C15H13ClN2O5/c1-2-17-11(19)6-15(13(17)22)9-5-8(16)3-4-10(9)18(14(15)23)7-12(20)21/h3-5H,2,6-7H2,1H3,(H,20,21). The normalized spacial score (nSPS) is 23.1. The smallest absolute Gasteiger partial charge is 0.323 e. The van der Waals surface area contributed by atoms with E-state index in [0.29, 0.717) is 16.3 Å². The third kappa shape index (κ3) is 1.96. The van der Waals surface area contributed by atoms with E-state index in [-0.39, 0.29) is 13.0 Å². The summed E-state index contributed by atoms with van der Waals surface area (Å²) in [6.45, 7) is 1.21. The van der Waals surface area contributed by atoms with Crippen molar-refractivity contribution < 1.29 is 24.3 Å². The van der Waals surface area contributed by atoms with Gasteiger partial charge in [0.2, 0.25) is 17.7 Å². The van der Waals surface area contributed by atoms with Crippen molar-refractivity contribution >= 4 is 41.0 Å². The highest BCUT2D eigenvalue weighted by atomic mass is 35.5. The Kier molecular flexibility index (Phi) is 3.40. The first kappa shape index (κ1) is 15.5. The number of carbonyl (C=O) groups excluding carboxylic acids is 3. The van der Waals surface area contributed by atoms with Gasteiger partial charge in [0, 0.05) is 22.8 Å². The lowest BCUT2D eigenvalue weighted by Gasteiger charge is -2.21. The molecule has 23 heavy (non-hydrogen) atoms. The van der Waals surface area contributed by atoms with Gasteiger partial charge in [-0.25, -0.2) is 0 Å². The summed E-state index contributed by atoms with van der Waals surface area (Å²) >= 11 is 5.98. The van der Waals surface area contributed by atoms with Gasteiger partial charge in [0.25, 0.3) is 0 Å². The Labute approximate surface area is 136 Å². The second kappa shape index (κ2) is 5.06. The number of halogens is 1. The van der Waals surface area contributed by atoms with Crippen molar-refractivity contribution in [3.63, 3.8) is 0 Å². The minimum atomic E-state index is -1.69. The monoisotopic (exact) mass is 336 g/mol. The third-order valence-electron chi connectivity index (χ3n) is 4.26. The highest BCUT2D eigenvalue weighted by Gasteiger charge is 2.63. The van der Waals surface area contributed by atoms with Gasteiger partial charge in [-0.1, -0.05) is 11.6 Å². The molecule has 0 bridgehead atoms. The van der Waals surface area contributed by atoms with Crippen LogP contribution in [0, 0.1) is 0 Å². The quantitative estimate of drug-likeness (QED) is 0.650. The number of anilines is 1. The van der Waals surface area contributed by atoms with Crippen molar-refractivity contribution in [3.05, 3.63) is 28.8 Å². The van der Waals surface area contributed by atoms with Crippen molar-refractivity contribution in [2.75, 3.05) is 18.0 Å². The van der Waals surface area contributed by atoms with E-state index < -0.39 is 35.7 Å². The third-order valence-corrected chi connectivity index (χ3v) is 4.49. The Morgan fingerprint density at radius 3 is 2.48 bits per heavy atom.